The van der Waals surface area contributed by atoms with Crippen LogP contribution < -0.4 is 14.2 Å². The maximum absolute atomic E-state index is 12.2. The maximum Gasteiger partial charge on any atom is 0.347 e. The lowest BCUT2D eigenvalue weighted by molar-refractivity contribution is -0.150. The molecule has 0 aromatic heterocycles. The molecule has 0 amide bonds. The molecule has 0 fully saturated rings. The third kappa shape index (κ3) is 2.71. The number of hydrogen-bond donors (Lipinski definition) is 0. The number of ether oxygens (including phenoxy) is 4. The van der Waals surface area contributed by atoms with Gasteiger partial charge in [-0.25, -0.2) is 9.59 Å². The highest BCUT2D eigenvalue weighted by Crippen LogP contribution is 2.37. The smallest absolute Gasteiger partial charge is 0.347 e. The van der Waals surface area contributed by atoms with Crippen molar-refractivity contribution >= 4 is 17.5 Å². The van der Waals surface area contributed by atoms with E-state index in [0.29, 0.717) is 29.1 Å². The lowest BCUT2D eigenvalue weighted by Crippen LogP contribution is -2.03. The van der Waals surface area contributed by atoms with Gasteiger partial charge in [-0.15, -0.1) is 0 Å². The van der Waals surface area contributed by atoms with Crippen LogP contribution in [0.3, 0.4) is 0 Å². The first-order valence-corrected chi connectivity index (χ1v) is 7.68. The van der Waals surface area contributed by atoms with Crippen LogP contribution in [0.15, 0.2) is 48.0 Å². The van der Waals surface area contributed by atoms with Crippen molar-refractivity contribution in [3.8, 4) is 17.2 Å². The van der Waals surface area contributed by atoms with E-state index in [1.165, 1.54) is 0 Å². The van der Waals surface area contributed by atoms with Crippen LogP contribution in [-0.2, 0) is 20.7 Å². The molecule has 25 heavy (non-hydrogen) atoms. The molecule has 0 unspecified atom stereocenters. The van der Waals surface area contributed by atoms with Crippen LogP contribution in [0.2, 0.25) is 0 Å². The highest BCUT2D eigenvalue weighted by molar-refractivity contribution is 6.31. The molecule has 0 N–H and O–H groups in total. The topological polar surface area (TPSA) is 71.1 Å². The minimum atomic E-state index is -0.646. The molecule has 2 heterocycles. The van der Waals surface area contributed by atoms with Gasteiger partial charge in [0.2, 0.25) is 6.79 Å². The molecule has 6 heteroatoms. The van der Waals surface area contributed by atoms with Crippen molar-refractivity contribution < 1.29 is 28.5 Å². The second-order valence-corrected chi connectivity index (χ2v) is 5.62. The molecule has 0 radical (unpaired) electrons. The summed E-state index contributed by atoms with van der Waals surface area (Å²) in [7, 11) is 1.59. The molecule has 4 rings (SSSR count). The van der Waals surface area contributed by atoms with Gasteiger partial charge in [0.05, 0.1) is 18.3 Å². The maximum atomic E-state index is 12.2. The molecule has 2 aromatic rings. The number of rotatable bonds is 4. The van der Waals surface area contributed by atoms with Crippen LogP contribution >= 0.6 is 0 Å². The summed E-state index contributed by atoms with van der Waals surface area (Å²) in [6.07, 6.45) is 0.290. The molecule has 6 nitrogen and oxygen atoms in total. The molecular weight excluding hydrogens is 324 g/mol. The van der Waals surface area contributed by atoms with Crippen LogP contribution in [-0.4, -0.2) is 25.8 Å². The zero-order valence-electron chi connectivity index (χ0n) is 13.4. The fraction of sp³-hybridized carbons (Fsp3) is 0.158. The minimum Gasteiger partial charge on any atom is -0.497 e. The van der Waals surface area contributed by atoms with Crippen LogP contribution in [0, 0.1) is 0 Å². The van der Waals surface area contributed by atoms with Crippen LogP contribution in [0.25, 0.3) is 5.57 Å². The predicted molar refractivity (Wildman–Crippen MR) is 87.3 cm³/mol. The van der Waals surface area contributed by atoms with E-state index in [-0.39, 0.29) is 12.4 Å². The number of fused-ring (bicyclic) bond motifs is 1. The molecule has 0 atom stereocenters. The average Bonchev–Trinajstić information content (AvgIpc) is 3.19. The van der Waals surface area contributed by atoms with E-state index in [1.54, 1.807) is 37.4 Å². The summed E-state index contributed by atoms with van der Waals surface area (Å²) in [5.74, 6) is 0.611. The Hall–Kier alpha value is -3.28. The van der Waals surface area contributed by atoms with Gasteiger partial charge >= 0.3 is 11.9 Å². The summed E-state index contributed by atoms with van der Waals surface area (Å²) in [5.41, 5.74) is 2.04. The fourth-order valence-corrected chi connectivity index (χ4v) is 2.87. The van der Waals surface area contributed by atoms with E-state index >= 15 is 0 Å². The SMILES string of the molecule is COc1ccc(CC2=C(c3ccc4c(c3)OCO4)C(=O)OC2=O)cc1. The van der Waals surface area contributed by atoms with Gasteiger partial charge in [-0.1, -0.05) is 18.2 Å². The Labute approximate surface area is 143 Å². The van der Waals surface area contributed by atoms with E-state index < -0.39 is 11.9 Å². The molecule has 2 aliphatic rings. The van der Waals surface area contributed by atoms with E-state index in [9.17, 15) is 9.59 Å². The standard InChI is InChI=1S/C19H14O6/c1-22-13-5-2-11(3-6-13)8-14-17(19(21)25-18(14)20)12-4-7-15-16(9-12)24-10-23-15/h2-7,9H,8,10H2,1H3. The molecule has 0 bridgehead atoms. The second-order valence-electron chi connectivity index (χ2n) is 5.62. The first kappa shape index (κ1) is 15.3. The van der Waals surface area contributed by atoms with Gasteiger partial charge in [0.25, 0.3) is 0 Å². The molecule has 0 spiro atoms. The van der Waals surface area contributed by atoms with E-state index in [4.69, 9.17) is 18.9 Å². The summed E-state index contributed by atoms with van der Waals surface area (Å²) in [6.45, 7) is 0.139. The number of carbonyl (C=O) groups excluding carboxylic acids is 2. The predicted octanol–water partition coefficient (Wildman–Crippen LogP) is 2.50. The van der Waals surface area contributed by atoms with Crippen LogP contribution in [0.4, 0.5) is 0 Å². The molecule has 0 aliphatic carbocycles. The zero-order chi connectivity index (χ0) is 17.4. The summed E-state index contributed by atoms with van der Waals surface area (Å²) < 4.78 is 20.6. The van der Waals surface area contributed by atoms with Gasteiger partial charge in [-0.2, -0.15) is 0 Å². The Morgan fingerprint density at radius 3 is 2.48 bits per heavy atom. The van der Waals surface area contributed by atoms with Gasteiger partial charge in [0.15, 0.2) is 11.5 Å². The fourth-order valence-electron chi connectivity index (χ4n) is 2.87. The summed E-state index contributed by atoms with van der Waals surface area (Å²) >= 11 is 0. The quantitative estimate of drug-likeness (QED) is 0.630. The van der Waals surface area contributed by atoms with Crippen molar-refractivity contribution in [3.05, 3.63) is 59.2 Å². The van der Waals surface area contributed by atoms with Gasteiger partial charge in [-0.05, 0) is 35.4 Å². The van der Waals surface area contributed by atoms with Crippen molar-refractivity contribution in [2.45, 2.75) is 6.42 Å². The number of benzene rings is 2. The van der Waals surface area contributed by atoms with Crippen molar-refractivity contribution in [2.24, 2.45) is 0 Å². The summed E-state index contributed by atoms with van der Waals surface area (Å²) in [4.78, 5) is 24.3. The highest BCUT2D eigenvalue weighted by Gasteiger charge is 2.34. The van der Waals surface area contributed by atoms with Gasteiger partial charge < -0.3 is 18.9 Å². The molecule has 2 aromatic carbocycles. The largest absolute Gasteiger partial charge is 0.497 e. The third-order valence-electron chi connectivity index (χ3n) is 4.14. The van der Waals surface area contributed by atoms with Crippen LogP contribution in [0.1, 0.15) is 11.1 Å². The van der Waals surface area contributed by atoms with Gasteiger partial charge in [-0.3, -0.25) is 0 Å². The van der Waals surface area contributed by atoms with E-state index in [0.717, 1.165) is 11.3 Å². The Bertz CT molecular complexity index is 895. The Balaban J connectivity index is 1.73. The average molecular weight is 338 g/mol. The molecule has 126 valence electrons. The number of carbonyl (C=O) groups is 2. The van der Waals surface area contributed by atoms with Crippen molar-refractivity contribution in [1.29, 1.82) is 0 Å². The molecule has 0 saturated carbocycles. The van der Waals surface area contributed by atoms with Crippen molar-refractivity contribution in [2.75, 3.05) is 13.9 Å². The highest BCUT2D eigenvalue weighted by atomic mass is 16.7. The summed E-state index contributed by atoms with van der Waals surface area (Å²) in [5, 5.41) is 0. The second kappa shape index (κ2) is 5.98. The lowest BCUT2D eigenvalue weighted by atomic mass is 9.96. The lowest BCUT2D eigenvalue weighted by Gasteiger charge is -2.06. The first-order valence-electron chi connectivity index (χ1n) is 7.68. The molecular formula is C19H14O6. The van der Waals surface area contributed by atoms with Crippen LogP contribution in [0.5, 0.6) is 17.2 Å². The van der Waals surface area contributed by atoms with Gasteiger partial charge in [0.1, 0.15) is 5.75 Å². The van der Waals surface area contributed by atoms with Crippen molar-refractivity contribution in [1.82, 2.24) is 0 Å². The van der Waals surface area contributed by atoms with Gasteiger partial charge in [0, 0.05) is 6.42 Å². The van der Waals surface area contributed by atoms with E-state index in [1.807, 2.05) is 12.1 Å². The van der Waals surface area contributed by atoms with Crippen molar-refractivity contribution in [3.63, 3.8) is 0 Å². The number of methoxy groups -OCH3 is 1. The summed E-state index contributed by atoms with van der Waals surface area (Å²) in [6, 6.07) is 12.4. The Morgan fingerprint density at radius 1 is 0.960 bits per heavy atom. The zero-order valence-corrected chi connectivity index (χ0v) is 13.4. The van der Waals surface area contributed by atoms with E-state index in [2.05, 4.69) is 0 Å². The minimum absolute atomic E-state index is 0.139. The third-order valence-corrected chi connectivity index (χ3v) is 4.14. The number of esters is 2. The molecule has 2 aliphatic heterocycles. The Morgan fingerprint density at radius 2 is 1.72 bits per heavy atom. The molecule has 0 saturated heterocycles. The Kier molecular flexibility index (Phi) is 3.65. The number of cyclic esters (lactones) is 2. The first-order chi connectivity index (χ1) is 12.2. The normalized spacial score (nSPS) is 15.6. The monoisotopic (exact) mass is 338 g/mol. The number of hydrogen-bond acceptors (Lipinski definition) is 6.